The van der Waals surface area contributed by atoms with E-state index in [9.17, 15) is 4.79 Å². The van der Waals surface area contributed by atoms with Crippen LogP contribution in [0.4, 0.5) is 6.01 Å². The summed E-state index contributed by atoms with van der Waals surface area (Å²) in [6.07, 6.45) is 0. The Labute approximate surface area is 173 Å². The van der Waals surface area contributed by atoms with E-state index in [1.807, 2.05) is 13.8 Å². The zero-order valence-corrected chi connectivity index (χ0v) is 17.2. The molecule has 0 bridgehead atoms. The van der Waals surface area contributed by atoms with Crippen LogP contribution in [-0.4, -0.2) is 43.5 Å². The maximum atomic E-state index is 12.5. The number of carbonyl (C=O) groups excluding carboxylic acids is 1. The van der Waals surface area contributed by atoms with Gasteiger partial charge < -0.3 is 23.4 Å². The van der Waals surface area contributed by atoms with Crippen molar-refractivity contribution < 1.29 is 28.2 Å². The van der Waals surface area contributed by atoms with E-state index < -0.39 is 5.91 Å². The SMILES string of the molecule is CCOc1ccc(-c2nnc(NC(=O)c3ccc(OC)c(OC)c3)o2)cc1OCC. The lowest BCUT2D eigenvalue weighted by molar-refractivity contribution is 0.102. The topological polar surface area (TPSA) is 105 Å². The van der Waals surface area contributed by atoms with Crippen LogP contribution in [-0.2, 0) is 0 Å². The molecule has 30 heavy (non-hydrogen) atoms. The van der Waals surface area contributed by atoms with Crippen LogP contribution < -0.4 is 24.3 Å². The van der Waals surface area contributed by atoms with Gasteiger partial charge in [-0.3, -0.25) is 10.1 Å². The molecular formula is C21H23N3O6. The Hall–Kier alpha value is -3.75. The molecule has 0 saturated heterocycles. The molecule has 0 spiro atoms. The third-order valence-corrected chi connectivity index (χ3v) is 4.08. The molecule has 0 aliphatic carbocycles. The molecule has 1 amide bonds. The van der Waals surface area contributed by atoms with Gasteiger partial charge in [0, 0.05) is 11.1 Å². The fourth-order valence-electron chi connectivity index (χ4n) is 2.72. The number of aromatic nitrogens is 2. The molecule has 0 aliphatic heterocycles. The number of nitrogens with one attached hydrogen (secondary N) is 1. The van der Waals surface area contributed by atoms with Crippen LogP contribution in [0.15, 0.2) is 40.8 Å². The maximum Gasteiger partial charge on any atom is 0.322 e. The van der Waals surface area contributed by atoms with E-state index >= 15 is 0 Å². The van der Waals surface area contributed by atoms with Crippen molar-refractivity contribution in [2.75, 3.05) is 32.8 Å². The summed E-state index contributed by atoms with van der Waals surface area (Å²) >= 11 is 0. The minimum Gasteiger partial charge on any atom is -0.493 e. The van der Waals surface area contributed by atoms with Crippen molar-refractivity contribution >= 4 is 11.9 Å². The van der Waals surface area contributed by atoms with Gasteiger partial charge in [0.05, 0.1) is 27.4 Å². The van der Waals surface area contributed by atoms with Gasteiger partial charge in [-0.1, -0.05) is 5.10 Å². The first-order chi connectivity index (χ1) is 14.6. The number of nitrogens with zero attached hydrogens (tertiary/aromatic N) is 2. The van der Waals surface area contributed by atoms with Crippen molar-refractivity contribution in [3.05, 3.63) is 42.0 Å². The Bertz CT molecular complexity index is 1020. The summed E-state index contributed by atoms with van der Waals surface area (Å²) in [5.41, 5.74) is 0.994. The van der Waals surface area contributed by atoms with Gasteiger partial charge >= 0.3 is 6.01 Å². The van der Waals surface area contributed by atoms with Crippen LogP contribution in [0.2, 0.25) is 0 Å². The van der Waals surface area contributed by atoms with Crippen LogP contribution in [0.5, 0.6) is 23.0 Å². The highest BCUT2D eigenvalue weighted by atomic mass is 16.5. The molecule has 158 valence electrons. The Kier molecular flexibility index (Phi) is 6.74. The molecule has 0 aliphatic rings. The van der Waals surface area contributed by atoms with Crippen LogP contribution in [0.3, 0.4) is 0 Å². The predicted octanol–water partition coefficient (Wildman–Crippen LogP) is 3.80. The lowest BCUT2D eigenvalue weighted by Crippen LogP contribution is -2.12. The van der Waals surface area contributed by atoms with Gasteiger partial charge in [-0.25, -0.2) is 0 Å². The second-order valence-electron chi connectivity index (χ2n) is 5.96. The number of hydrogen-bond donors (Lipinski definition) is 1. The van der Waals surface area contributed by atoms with Gasteiger partial charge in [0.2, 0.25) is 5.89 Å². The van der Waals surface area contributed by atoms with Crippen molar-refractivity contribution in [2.24, 2.45) is 0 Å². The average Bonchev–Trinajstić information content (AvgIpc) is 3.23. The Morgan fingerprint density at radius 1 is 0.900 bits per heavy atom. The quantitative estimate of drug-likeness (QED) is 0.565. The number of anilines is 1. The minimum absolute atomic E-state index is 0.0309. The lowest BCUT2D eigenvalue weighted by Gasteiger charge is -2.11. The largest absolute Gasteiger partial charge is 0.493 e. The first-order valence-electron chi connectivity index (χ1n) is 9.36. The standard InChI is InChI=1S/C21H23N3O6/c1-5-28-16-10-8-14(12-18(16)29-6-2)20-23-24-21(30-20)22-19(25)13-7-9-15(26-3)17(11-13)27-4/h7-12H,5-6H2,1-4H3,(H,22,24,25). The third-order valence-electron chi connectivity index (χ3n) is 4.08. The number of benzene rings is 2. The molecule has 0 atom stereocenters. The fraction of sp³-hybridized carbons (Fsp3) is 0.286. The van der Waals surface area contributed by atoms with Gasteiger partial charge in [-0.05, 0) is 50.2 Å². The van der Waals surface area contributed by atoms with E-state index in [0.29, 0.717) is 47.3 Å². The molecule has 3 aromatic rings. The Morgan fingerprint density at radius 3 is 2.30 bits per heavy atom. The summed E-state index contributed by atoms with van der Waals surface area (Å²) < 4.78 is 27.2. The van der Waals surface area contributed by atoms with Gasteiger partial charge in [0.25, 0.3) is 5.91 Å². The van der Waals surface area contributed by atoms with Crippen molar-refractivity contribution in [3.8, 4) is 34.5 Å². The maximum absolute atomic E-state index is 12.5. The van der Waals surface area contributed by atoms with Crippen molar-refractivity contribution in [1.82, 2.24) is 10.2 Å². The van der Waals surface area contributed by atoms with Crippen molar-refractivity contribution in [3.63, 3.8) is 0 Å². The Morgan fingerprint density at radius 2 is 1.60 bits per heavy atom. The first-order valence-corrected chi connectivity index (χ1v) is 9.36. The molecule has 0 unspecified atom stereocenters. The molecule has 1 N–H and O–H groups in total. The minimum atomic E-state index is -0.423. The molecule has 0 saturated carbocycles. The molecule has 0 fully saturated rings. The molecule has 0 radical (unpaired) electrons. The normalized spacial score (nSPS) is 10.4. The van der Waals surface area contributed by atoms with Crippen molar-refractivity contribution in [2.45, 2.75) is 13.8 Å². The summed E-state index contributed by atoms with van der Waals surface area (Å²) in [5, 5.41) is 10.5. The van der Waals surface area contributed by atoms with Crippen LogP contribution in [0.1, 0.15) is 24.2 Å². The van der Waals surface area contributed by atoms with Crippen LogP contribution in [0.25, 0.3) is 11.5 Å². The Balaban J connectivity index is 1.78. The van der Waals surface area contributed by atoms with Crippen LogP contribution >= 0.6 is 0 Å². The average molecular weight is 413 g/mol. The zero-order valence-electron chi connectivity index (χ0n) is 17.2. The van der Waals surface area contributed by atoms with E-state index in [4.69, 9.17) is 23.4 Å². The second-order valence-corrected chi connectivity index (χ2v) is 5.96. The van der Waals surface area contributed by atoms with E-state index in [1.165, 1.54) is 14.2 Å². The highest BCUT2D eigenvalue weighted by molar-refractivity contribution is 6.03. The highest BCUT2D eigenvalue weighted by Crippen LogP contribution is 2.33. The number of ether oxygens (including phenoxy) is 4. The summed E-state index contributed by atoms with van der Waals surface area (Å²) in [7, 11) is 3.02. The lowest BCUT2D eigenvalue weighted by atomic mass is 10.2. The number of amides is 1. The first kappa shape index (κ1) is 21.0. The number of rotatable bonds is 9. The van der Waals surface area contributed by atoms with Gasteiger partial charge in [0.15, 0.2) is 23.0 Å². The third kappa shape index (κ3) is 4.62. The smallest absolute Gasteiger partial charge is 0.322 e. The molecule has 1 aromatic heterocycles. The molecular weight excluding hydrogens is 390 g/mol. The van der Waals surface area contributed by atoms with Gasteiger partial charge in [-0.2, -0.15) is 0 Å². The number of carbonyl (C=O) groups is 1. The molecule has 9 nitrogen and oxygen atoms in total. The van der Waals surface area contributed by atoms with E-state index in [1.54, 1.807) is 36.4 Å². The summed E-state index contributed by atoms with van der Waals surface area (Å²) in [5.74, 6) is 1.98. The van der Waals surface area contributed by atoms with E-state index in [2.05, 4.69) is 15.5 Å². The van der Waals surface area contributed by atoms with Crippen molar-refractivity contribution in [1.29, 1.82) is 0 Å². The van der Waals surface area contributed by atoms with Crippen LogP contribution in [0, 0.1) is 0 Å². The fourth-order valence-corrected chi connectivity index (χ4v) is 2.72. The summed E-state index contributed by atoms with van der Waals surface area (Å²) in [6.45, 7) is 4.79. The summed E-state index contributed by atoms with van der Waals surface area (Å²) in [6, 6.07) is 10.1. The summed E-state index contributed by atoms with van der Waals surface area (Å²) in [4.78, 5) is 12.5. The molecule has 1 heterocycles. The van der Waals surface area contributed by atoms with Gasteiger partial charge in [-0.15, -0.1) is 5.10 Å². The molecule has 9 heteroatoms. The van der Waals surface area contributed by atoms with E-state index in [-0.39, 0.29) is 11.9 Å². The highest BCUT2D eigenvalue weighted by Gasteiger charge is 2.16. The monoisotopic (exact) mass is 413 g/mol. The van der Waals surface area contributed by atoms with Gasteiger partial charge in [0.1, 0.15) is 0 Å². The van der Waals surface area contributed by atoms with E-state index in [0.717, 1.165) is 0 Å². The second kappa shape index (κ2) is 9.64. The molecule has 2 aromatic carbocycles. The number of hydrogen-bond acceptors (Lipinski definition) is 8. The molecule has 3 rings (SSSR count). The predicted molar refractivity (Wildman–Crippen MR) is 110 cm³/mol. The number of methoxy groups -OCH3 is 2. The zero-order chi connectivity index (χ0) is 21.5.